The average Bonchev–Trinajstić information content (AvgIpc) is 2.61. The Bertz CT molecular complexity index is 727. The number of halogens is 1. The van der Waals surface area contributed by atoms with Gasteiger partial charge in [0.05, 0.1) is 0 Å². The average molecular weight is 387 g/mol. The van der Waals surface area contributed by atoms with E-state index in [9.17, 15) is 9.18 Å². The van der Waals surface area contributed by atoms with Gasteiger partial charge in [0.25, 0.3) is 8.32 Å². The molecule has 0 aliphatic rings. The van der Waals surface area contributed by atoms with Gasteiger partial charge in [-0.3, -0.25) is 4.79 Å². The lowest BCUT2D eigenvalue weighted by Gasteiger charge is -2.42. The van der Waals surface area contributed by atoms with Crippen LogP contribution in [0.3, 0.4) is 0 Å². The lowest BCUT2D eigenvalue weighted by molar-refractivity contribution is 0.0993. The highest BCUT2D eigenvalue weighted by molar-refractivity contribution is 6.78. The molecular formula is C23H31FO2Si. The van der Waals surface area contributed by atoms with Gasteiger partial charge >= 0.3 is 0 Å². The molecule has 0 bridgehead atoms. The number of hydrogen-bond donors (Lipinski definition) is 0. The molecule has 4 heteroatoms. The monoisotopic (exact) mass is 386 g/mol. The van der Waals surface area contributed by atoms with E-state index in [0.29, 0.717) is 22.2 Å². The van der Waals surface area contributed by atoms with E-state index in [1.807, 2.05) is 24.3 Å². The fourth-order valence-corrected chi connectivity index (χ4v) is 9.41. The molecule has 0 heterocycles. The van der Waals surface area contributed by atoms with Crippen LogP contribution >= 0.6 is 0 Å². The van der Waals surface area contributed by atoms with E-state index >= 15 is 0 Å². The van der Waals surface area contributed by atoms with Crippen molar-refractivity contribution in [1.82, 2.24) is 0 Å². The van der Waals surface area contributed by atoms with Gasteiger partial charge in [-0.1, -0.05) is 53.7 Å². The summed E-state index contributed by atoms with van der Waals surface area (Å²) in [5.41, 5.74) is 2.96. The van der Waals surface area contributed by atoms with Crippen LogP contribution in [0.1, 0.15) is 57.5 Å². The molecule has 0 aromatic heterocycles. The summed E-state index contributed by atoms with van der Waals surface area (Å²) < 4.78 is 19.6. The van der Waals surface area contributed by atoms with Gasteiger partial charge in [-0.2, -0.15) is 0 Å². The molecule has 0 aliphatic heterocycles. The molecule has 0 spiro atoms. The molecular weight excluding hydrogens is 355 g/mol. The quantitative estimate of drug-likeness (QED) is 0.368. The van der Waals surface area contributed by atoms with Crippen LogP contribution in [-0.4, -0.2) is 14.1 Å². The second kappa shape index (κ2) is 8.83. The first-order valence-corrected chi connectivity index (χ1v) is 11.9. The molecule has 2 aromatic rings. The third-order valence-corrected chi connectivity index (χ3v) is 11.5. The molecule has 2 aromatic carbocycles. The zero-order valence-electron chi connectivity index (χ0n) is 17.3. The molecule has 0 aliphatic carbocycles. The van der Waals surface area contributed by atoms with Crippen molar-refractivity contribution in [1.29, 1.82) is 0 Å². The van der Waals surface area contributed by atoms with Crippen LogP contribution in [0.5, 0.6) is 5.75 Å². The number of ketones is 1. The van der Waals surface area contributed by atoms with E-state index in [-0.39, 0.29) is 18.0 Å². The molecule has 27 heavy (non-hydrogen) atoms. The summed E-state index contributed by atoms with van der Waals surface area (Å²) in [6.07, 6.45) is 0.267. The van der Waals surface area contributed by atoms with Crippen LogP contribution in [0, 0.1) is 5.82 Å². The fourth-order valence-electron chi connectivity index (χ4n) is 4.16. The predicted octanol–water partition coefficient (Wildman–Crippen LogP) is 6.81. The van der Waals surface area contributed by atoms with E-state index in [1.54, 1.807) is 12.1 Å². The van der Waals surface area contributed by atoms with E-state index < -0.39 is 8.32 Å². The third kappa shape index (κ3) is 4.86. The van der Waals surface area contributed by atoms with Crippen LogP contribution in [0.4, 0.5) is 4.39 Å². The molecule has 0 N–H and O–H groups in total. The van der Waals surface area contributed by atoms with Crippen molar-refractivity contribution in [2.45, 2.75) is 64.6 Å². The van der Waals surface area contributed by atoms with Gasteiger partial charge in [-0.05, 0) is 58.6 Å². The number of rotatable bonds is 8. The summed E-state index contributed by atoms with van der Waals surface area (Å²) in [5.74, 6) is 0.574. The van der Waals surface area contributed by atoms with E-state index in [1.165, 1.54) is 12.1 Å². The maximum atomic E-state index is 13.0. The van der Waals surface area contributed by atoms with Gasteiger partial charge in [0, 0.05) is 12.0 Å². The summed E-state index contributed by atoms with van der Waals surface area (Å²) in [5, 5.41) is 0. The number of carbonyl (C=O) groups excluding carboxylic acids is 1. The van der Waals surface area contributed by atoms with Crippen LogP contribution in [0.25, 0.3) is 0 Å². The molecule has 0 atom stereocenters. The molecule has 0 unspecified atom stereocenters. The summed E-state index contributed by atoms with van der Waals surface area (Å²) in [4.78, 5) is 12.5. The van der Waals surface area contributed by atoms with Crippen molar-refractivity contribution in [3.63, 3.8) is 0 Å². The Labute approximate surface area is 163 Å². The minimum absolute atomic E-state index is 0.0215. The fraction of sp³-hybridized carbons (Fsp3) is 0.435. The highest BCUT2D eigenvalue weighted by atomic mass is 28.4. The highest BCUT2D eigenvalue weighted by Crippen LogP contribution is 2.42. The number of carbonyl (C=O) groups is 1. The van der Waals surface area contributed by atoms with E-state index in [0.717, 1.165) is 11.3 Å². The first kappa shape index (κ1) is 21.4. The smallest absolute Gasteiger partial charge is 0.258 e. The molecule has 2 rings (SSSR count). The van der Waals surface area contributed by atoms with Crippen molar-refractivity contribution < 1.29 is 13.6 Å². The van der Waals surface area contributed by atoms with Crippen molar-refractivity contribution in [3.05, 3.63) is 65.5 Å². The number of hydrogen-bond acceptors (Lipinski definition) is 2. The summed E-state index contributed by atoms with van der Waals surface area (Å²) in [6.45, 7) is 13.5. The zero-order chi connectivity index (χ0) is 20.2. The van der Waals surface area contributed by atoms with Gasteiger partial charge in [0.2, 0.25) is 0 Å². The number of Topliss-reactive ketones (excluding diaryl/α,β-unsaturated/α-hetero) is 1. The SMILES string of the molecule is CC(C)[Si](Oc1ccc(C(=O)Cc2ccc(F)cc2)cc1)(C(C)C)C(C)C. The van der Waals surface area contributed by atoms with Gasteiger partial charge in [0.15, 0.2) is 5.78 Å². The Morgan fingerprint density at radius 2 is 1.33 bits per heavy atom. The second-order valence-electron chi connectivity index (χ2n) is 8.17. The lowest BCUT2D eigenvalue weighted by Crippen LogP contribution is -2.50. The molecule has 146 valence electrons. The maximum Gasteiger partial charge on any atom is 0.258 e. The van der Waals surface area contributed by atoms with Crippen molar-refractivity contribution in [2.75, 3.05) is 0 Å². The minimum atomic E-state index is -2.00. The highest BCUT2D eigenvalue weighted by Gasteiger charge is 2.46. The molecule has 0 saturated heterocycles. The predicted molar refractivity (Wildman–Crippen MR) is 113 cm³/mol. The molecule has 2 nitrogen and oxygen atoms in total. The van der Waals surface area contributed by atoms with Crippen LogP contribution < -0.4 is 4.43 Å². The van der Waals surface area contributed by atoms with Crippen LogP contribution in [-0.2, 0) is 6.42 Å². The van der Waals surface area contributed by atoms with Crippen LogP contribution in [0.2, 0.25) is 16.6 Å². The standard InChI is InChI=1S/C23H31FO2Si/c1-16(2)27(17(3)4,18(5)6)26-22-13-9-20(10-14-22)23(25)15-19-7-11-21(24)12-8-19/h7-14,16-18H,15H2,1-6H3. The lowest BCUT2D eigenvalue weighted by atomic mass is 10.0. The first-order chi connectivity index (χ1) is 12.7. The van der Waals surface area contributed by atoms with Gasteiger partial charge in [0.1, 0.15) is 11.6 Å². The Hall–Kier alpha value is -1.94. The zero-order valence-corrected chi connectivity index (χ0v) is 18.3. The van der Waals surface area contributed by atoms with E-state index in [4.69, 9.17) is 4.43 Å². The van der Waals surface area contributed by atoms with Crippen molar-refractivity contribution in [3.8, 4) is 5.75 Å². The summed E-state index contributed by atoms with van der Waals surface area (Å²) in [6, 6.07) is 13.6. The largest absolute Gasteiger partial charge is 0.543 e. The van der Waals surface area contributed by atoms with Gasteiger partial charge in [-0.15, -0.1) is 0 Å². The molecule has 0 fully saturated rings. The van der Waals surface area contributed by atoms with Crippen molar-refractivity contribution in [2.24, 2.45) is 0 Å². The molecule has 0 amide bonds. The minimum Gasteiger partial charge on any atom is -0.543 e. The van der Waals surface area contributed by atoms with Gasteiger partial charge < -0.3 is 4.43 Å². The van der Waals surface area contributed by atoms with Crippen LogP contribution in [0.15, 0.2) is 48.5 Å². The normalized spacial score (nSPS) is 12.1. The Morgan fingerprint density at radius 1 is 0.852 bits per heavy atom. The van der Waals surface area contributed by atoms with E-state index in [2.05, 4.69) is 41.5 Å². The maximum absolute atomic E-state index is 13.0. The molecule has 0 radical (unpaired) electrons. The topological polar surface area (TPSA) is 26.3 Å². The summed E-state index contributed by atoms with van der Waals surface area (Å²) >= 11 is 0. The van der Waals surface area contributed by atoms with Crippen molar-refractivity contribution >= 4 is 14.1 Å². The Kier molecular flexibility index (Phi) is 6.99. The summed E-state index contributed by atoms with van der Waals surface area (Å²) in [7, 11) is -2.00. The third-order valence-electron chi connectivity index (χ3n) is 5.46. The first-order valence-electron chi connectivity index (χ1n) is 9.73. The second-order valence-corrected chi connectivity index (χ2v) is 13.5. The molecule has 0 saturated carbocycles. The van der Waals surface area contributed by atoms with Gasteiger partial charge in [-0.25, -0.2) is 4.39 Å². The Balaban J connectivity index is 2.16. The Morgan fingerprint density at radius 3 is 1.78 bits per heavy atom. The number of benzene rings is 2.